The van der Waals surface area contributed by atoms with E-state index in [0.717, 1.165) is 5.56 Å². The van der Waals surface area contributed by atoms with Crippen LogP contribution in [0.3, 0.4) is 0 Å². The van der Waals surface area contributed by atoms with E-state index in [-0.39, 0.29) is 24.0 Å². The molecule has 0 unspecified atom stereocenters. The van der Waals surface area contributed by atoms with Crippen LogP contribution in [-0.4, -0.2) is 42.3 Å². The molecule has 0 spiro atoms. The van der Waals surface area contributed by atoms with E-state index in [2.05, 4.69) is 10.4 Å². The van der Waals surface area contributed by atoms with Crippen molar-refractivity contribution in [2.24, 2.45) is 5.10 Å². The normalized spacial score (nSPS) is 13.9. The third-order valence-corrected chi connectivity index (χ3v) is 5.59. The van der Waals surface area contributed by atoms with Crippen molar-refractivity contribution in [2.75, 3.05) is 24.0 Å². The summed E-state index contributed by atoms with van der Waals surface area (Å²) in [5, 5.41) is 17.5. The number of rotatable bonds is 8. The molecule has 0 aromatic heterocycles. The number of carboxylic acids is 1. The van der Waals surface area contributed by atoms with Gasteiger partial charge in [0.2, 0.25) is 0 Å². The first kappa shape index (κ1) is 25.2. The van der Waals surface area contributed by atoms with Crippen LogP contribution < -0.4 is 19.8 Å². The smallest absolute Gasteiger partial charge is 0.335 e. The lowest BCUT2D eigenvalue weighted by Gasteiger charge is -2.13. The Kier molecular flexibility index (Phi) is 7.34. The van der Waals surface area contributed by atoms with E-state index in [4.69, 9.17) is 9.47 Å². The highest BCUT2D eigenvalue weighted by atomic mass is 16.5. The summed E-state index contributed by atoms with van der Waals surface area (Å²) < 4.78 is 11.1. The first-order valence-corrected chi connectivity index (χ1v) is 11.4. The van der Waals surface area contributed by atoms with Gasteiger partial charge in [0, 0.05) is 5.69 Å². The summed E-state index contributed by atoms with van der Waals surface area (Å²) in [6, 6.07) is 18.5. The molecule has 3 aromatic carbocycles. The number of carbonyl (C=O) groups is 3. The Hall–Kier alpha value is -4.92. The first-order valence-electron chi connectivity index (χ1n) is 11.4. The van der Waals surface area contributed by atoms with Gasteiger partial charge in [-0.25, -0.2) is 4.79 Å². The second-order valence-electron chi connectivity index (χ2n) is 8.33. The van der Waals surface area contributed by atoms with Crippen LogP contribution in [-0.2, 0) is 9.59 Å². The van der Waals surface area contributed by atoms with Crippen molar-refractivity contribution in [1.82, 2.24) is 0 Å². The summed E-state index contributed by atoms with van der Waals surface area (Å²) in [4.78, 5) is 36.6. The van der Waals surface area contributed by atoms with Crippen LogP contribution >= 0.6 is 0 Å². The number of benzene rings is 3. The quantitative estimate of drug-likeness (QED) is 0.440. The van der Waals surface area contributed by atoms with Gasteiger partial charge in [0.25, 0.3) is 11.8 Å². The van der Waals surface area contributed by atoms with Crippen molar-refractivity contribution in [2.45, 2.75) is 13.8 Å². The van der Waals surface area contributed by atoms with E-state index in [9.17, 15) is 19.5 Å². The summed E-state index contributed by atoms with van der Waals surface area (Å²) in [5.41, 5.74) is 3.69. The molecule has 0 saturated heterocycles. The van der Waals surface area contributed by atoms with E-state index in [1.807, 2.05) is 31.2 Å². The number of nitrogens with zero attached hydrogens (tertiary/aromatic N) is 2. The predicted octanol–water partition coefficient (Wildman–Crippen LogP) is 4.53. The van der Waals surface area contributed by atoms with Crippen molar-refractivity contribution in [3.63, 3.8) is 0 Å². The Morgan fingerprint density at radius 1 is 1.03 bits per heavy atom. The molecule has 1 aliphatic heterocycles. The highest BCUT2D eigenvalue weighted by Crippen LogP contribution is 2.31. The molecular formula is C28H25N3O6. The maximum absolute atomic E-state index is 13.1. The third kappa shape index (κ3) is 5.84. The minimum absolute atomic E-state index is 0.0588. The number of aryl methyl sites for hydroxylation is 1. The topological polar surface area (TPSA) is 118 Å². The average Bonchev–Trinajstić information content (AvgIpc) is 3.17. The Balaban J connectivity index is 1.47. The minimum Gasteiger partial charge on any atom is -0.493 e. The van der Waals surface area contributed by atoms with E-state index in [1.165, 1.54) is 24.3 Å². The lowest BCUT2D eigenvalue weighted by molar-refractivity contribution is -0.118. The van der Waals surface area contributed by atoms with Crippen LogP contribution in [0, 0.1) is 6.92 Å². The lowest BCUT2D eigenvalue weighted by Crippen LogP contribution is -2.21. The van der Waals surface area contributed by atoms with Crippen molar-refractivity contribution >= 4 is 40.9 Å². The predicted molar refractivity (Wildman–Crippen MR) is 140 cm³/mol. The summed E-state index contributed by atoms with van der Waals surface area (Å²) in [5.74, 6) is -1.02. The maximum atomic E-state index is 13.1. The van der Waals surface area contributed by atoms with Gasteiger partial charge in [-0.15, -0.1) is 0 Å². The Bertz CT molecular complexity index is 1430. The number of anilines is 2. The van der Waals surface area contributed by atoms with Crippen molar-refractivity contribution in [3.8, 4) is 11.5 Å². The molecule has 0 bridgehead atoms. The number of nitrogens with one attached hydrogen (secondary N) is 1. The molecule has 9 nitrogen and oxygen atoms in total. The van der Waals surface area contributed by atoms with Crippen LogP contribution in [0.15, 0.2) is 77.4 Å². The molecule has 188 valence electrons. The molecule has 2 amide bonds. The summed E-state index contributed by atoms with van der Waals surface area (Å²) in [6.07, 6.45) is 1.67. The number of hydrazone groups is 1. The number of methoxy groups -OCH3 is 1. The molecule has 0 atom stereocenters. The summed E-state index contributed by atoms with van der Waals surface area (Å²) in [7, 11) is 1.48. The van der Waals surface area contributed by atoms with Gasteiger partial charge in [-0.2, -0.15) is 10.1 Å². The number of amides is 2. The number of carbonyl (C=O) groups excluding carboxylic acids is 2. The number of aromatic carboxylic acids is 1. The van der Waals surface area contributed by atoms with E-state index in [0.29, 0.717) is 39.7 Å². The number of ether oxygens (including phenoxy) is 2. The zero-order valence-electron chi connectivity index (χ0n) is 20.5. The van der Waals surface area contributed by atoms with Gasteiger partial charge in [-0.1, -0.05) is 29.8 Å². The zero-order chi connectivity index (χ0) is 26.5. The van der Waals surface area contributed by atoms with Gasteiger partial charge in [-0.3, -0.25) is 9.59 Å². The maximum Gasteiger partial charge on any atom is 0.335 e. The van der Waals surface area contributed by atoms with Crippen LogP contribution in [0.2, 0.25) is 0 Å². The van der Waals surface area contributed by atoms with Gasteiger partial charge < -0.3 is 19.9 Å². The fourth-order valence-corrected chi connectivity index (χ4v) is 3.67. The van der Waals surface area contributed by atoms with Crippen LogP contribution in [0.1, 0.15) is 28.4 Å². The van der Waals surface area contributed by atoms with E-state index in [1.54, 1.807) is 43.3 Å². The van der Waals surface area contributed by atoms with Crippen molar-refractivity contribution in [1.29, 1.82) is 0 Å². The van der Waals surface area contributed by atoms with Gasteiger partial charge in [0.05, 0.1) is 29.6 Å². The molecule has 3 aromatic rings. The Morgan fingerprint density at radius 2 is 1.78 bits per heavy atom. The van der Waals surface area contributed by atoms with Crippen LogP contribution in [0.5, 0.6) is 11.5 Å². The molecule has 1 aliphatic rings. The average molecular weight is 500 g/mol. The third-order valence-electron chi connectivity index (χ3n) is 5.59. The highest BCUT2D eigenvalue weighted by molar-refractivity contribution is 6.32. The second-order valence-corrected chi connectivity index (χ2v) is 8.33. The van der Waals surface area contributed by atoms with Crippen molar-refractivity contribution < 1.29 is 29.0 Å². The minimum atomic E-state index is -1.09. The fraction of sp³-hybridized carbons (Fsp3) is 0.143. The number of carboxylic acid groups (broad SMARTS) is 1. The Labute approximate surface area is 213 Å². The van der Waals surface area contributed by atoms with Gasteiger partial charge in [-0.05, 0) is 68.0 Å². The van der Waals surface area contributed by atoms with Crippen LogP contribution in [0.25, 0.3) is 6.08 Å². The molecule has 0 radical (unpaired) electrons. The number of hydrogen-bond donors (Lipinski definition) is 2. The second kappa shape index (κ2) is 10.8. The molecule has 0 aliphatic carbocycles. The molecule has 0 saturated carbocycles. The summed E-state index contributed by atoms with van der Waals surface area (Å²) in [6.45, 7) is 3.46. The molecular weight excluding hydrogens is 474 g/mol. The van der Waals surface area contributed by atoms with Gasteiger partial charge in [0.1, 0.15) is 0 Å². The molecule has 0 fully saturated rings. The molecule has 9 heteroatoms. The summed E-state index contributed by atoms with van der Waals surface area (Å²) >= 11 is 0. The van der Waals surface area contributed by atoms with Crippen molar-refractivity contribution in [3.05, 3.63) is 89.0 Å². The monoisotopic (exact) mass is 499 g/mol. The molecule has 2 N–H and O–H groups in total. The van der Waals surface area contributed by atoms with Gasteiger partial charge >= 0.3 is 5.97 Å². The number of hydrogen-bond acceptors (Lipinski definition) is 6. The Morgan fingerprint density at radius 3 is 2.49 bits per heavy atom. The highest BCUT2D eigenvalue weighted by Gasteiger charge is 2.29. The first-order chi connectivity index (χ1) is 17.7. The zero-order valence-corrected chi connectivity index (χ0v) is 20.5. The standard InChI is InChI=1S/C28H25N3O6/c1-17-7-10-21(11-8-17)29-26(32)16-37-24-12-9-19(14-25(24)36-3)13-23-18(2)30-31(27(23)33)22-6-4-5-20(15-22)28(34)35/h4-15H,16H2,1-3H3,(H,29,32)(H,34,35). The molecule has 4 rings (SSSR count). The van der Waals surface area contributed by atoms with E-state index < -0.39 is 5.97 Å². The van der Waals surface area contributed by atoms with Crippen LogP contribution in [0.4, 0.5) is 11.4 Å². The largest absolute Gasteiger partial charge is 0.493 e. The fourth-order valence-electron chi connectivity index (χ4n) is 3.67. The SMILES string of the molecule is COc1cc(C=C2C(=O)N(c3cccc(C(=O)O)c3)N=C2C)ccc1OCC(=O)Nc1ccc(C)cc1. The lowest BCUT2D eigenvalue weighted by atomic mass is 10.1. The van der Waals surface area contributed by atoms with E-state index >= 15 is 0 Å². The van der Waals surface area contributed by atoms with Gasteiger partial charge in [0.15, 0.2) is 18.1 Å². The molecule has 1 heterocycles. The molecule has 37 heavy (non-hydrogen) atoms.